The fraction of sp³-hybridized carbons (Fsp3) is 0.344. The van der Waals surface area contributed by atoms with E-state index in [0.717, 1.165) is 146 Å². The third kappa shape index (κ3) is 20.9. The van der Waals surface area contributed by atoms with Crippen LogP contribution in [0, 0.1) is 83.9 Å². The van der Waals surface area contributed by atoms with Gasteiger partial charge in [0.2, 0.25) is 17.2 Å². The Morgan fingerprint density at radius 3 is 0.736 bits per heavy atom. The van der Waals surface area contributed by atoms with Gasteiger partial charge in [-0.05, 0) is 126 Å². The molecule has 0 N–H and O–H groups in total. The van der Waals surface area contributed by atoms with Crippen molar-refractivity contribution in [1.29, 1.82) is 15.8 Å². The minimum atomic E-state index is -6.88. The van der Waals surface area contributed by atoms with Gasteiger partial charge in [0.25, 0.3) is 33.4 Å². The van der Waals surface area contributed by atoms with Crippen LogP contribution in [0.25, 0.3) is 33.4 Å². The highest BCUT2D eigenvalue weighted by molar-refractivity contribution is 7.48. The van der Waals surface area contributed by atoms with Crippen molar-refractivity contribution >= 4 is 42.6 Å². The minimum Gasteiger partial charge on any atom is -0.449 e. The molecule has 0 spiro atoms. The van der Waals surface area contributed by atoms with Crippen molar-refractivity contribution in [3.63, 3.8) is 0 Å². The number of alkyl halides is 9. The Morgan fingerprint density at radius 1 is 0.329 bits per heavy atom. The molecule has 28 nitrogen and oxygen atoms in total. The number of halogens is 15. The van der Waals surface area contributed by atoms with E-state index in [2.05, 4.69) is 15.0 Å². The third-order valence-electron chi connectivity index (χ3n) is 22.5. The van der Waals surface area contributed by atoms with Crippen LogP contribution in [-0.2, 0) is 73.5 Å². The lowest BCUT2D eigenvalue weighted by molar-refractivity contribution is -0.269. The Labute approximate surface area is 805 Å². The molecule has 0 aliphatic heterocycles. The van der Waals surface area contributed by atoms with E-state index in [4.69, 9.17) is 77.9 Å². The maximum atomic E-state index is 19.7. The summed E-state index contributed by atoms with van der Waals surface area (Å²) in [6.45, 7) is 22.4. The van der Waals surface area contributed by atoms with Gasteiger partial charge in [-0.15, -0.1) is 0 Å². The van der Waals surface area contributed by atoms with E-state index in [1.807, 2.05) is 0 Å². The maximum Gasteiger partial charge on any atom is 0.481 e. The van der Waals surface area contributed by atoms with Crippen molar-refractivity contribution in [3.05, 3.63) is 310 Å². The van der Waals surface area contributed by atoms with E-state index in [1.54, 1.807) is 18.2 Å². The smallest absolute Gasteiger partial charge is 0.449 e. The first-order valence-electron chi connectivity index (χ1n) is 42.2. The van der Waals surface area contributed by atoms with Crippen molar-refractivity contribution in [2.75, 3.05) is 0 Å². The van der Waals surface area contributed by atoms with Gasteiger partial charge in [0, 0.05) is 47.6 Å². The van der Waals surface area contributed by atoms with Crippen LogP contribution in [0.15, 0.2) is 193 Å². The van der Waals surface area contributed by atoms with Crippen LogP contribution >= 0.6 is 42.6 Å². The van der Waals surface area contributed by atoms with Crippen molar-refractivity contribution in [1.82, 2.24) is 58.0 Å². The van der Waals surface area contributed by atoms with Gasteiger partial charge in [0.05, 0.1) is 107 Å². The number of nitriles is 3. The zero-order valence-corrected chi connectivity index (χ0v) is 81.0. The van der Waals surface area contributed by atoms with Crippen LogP contribution < -0.4 is 47.6 Å². The number of hydrogen-bond donors (Lipinski definition) is 0. The number of phosphoric acid groups is 1. The summed E-state index contributed by atoms with van der Waals surface area (Å²) in [5.41, 5.74) is -39.8. The number of benzene rings is 6. The number of nitrogens with zero attached hydrogens (tertiary/aromatic N) is 15. The van der Waals surface area contributed by atoms with E-state index in [1.165, 1.54) is 125 Å². The quantitative estimate of drug-likeness (QED) is 0.0400. The van der Waals surface area contributed by atoms with Crippen molar-refractivity contribution in [3.8, 4) is 86.1 Å². The molecule has 0 radical (unpaired) electrons. The molecule has 0 fully saturated rings. The monoisotopic (exact) mass is 2020 g/mol. The van der Waals surface area contributed by atoms with Gasteiger partial charge < -0.3 is 14.2 Å². The molecule has 0 aliphatic carbocycles. The second-order valence-electron chi connectivity index (χ2n) is 38.7. The van der Waals surface area contributed by atoms with Crippen LogP contribution in [0.1, 0.15) is 175 Å². The summed E-state index contributed by atoms with van der Waals surface area (Å²) in [4.78, 5) is 107. The van der Waals surface area contributed by atoms with Crippen molar-refractivity contribution in [2.24, 2.45) is 32.5 Å². The molecule has 6 aromatic carbocycles. The molecule has 0 unspecified atom stereocenters. The molecule has 44 heteroatoms. The predicted octanol–water partition coefficient (Wildman–Crippen LogP) is 22.4. The molecule has 12 rings (SSSR count). The number of hydrogen-bond acceptors (Lipinski definition) is 22. The Kier molecular flexibility index (Phi) is 28.6. The molecular formula is C96H87Cl3F12N15O13P. The van der Waals surface area contributed by atoms with Crippen LogP contribution in [0.3, 0.4) is 0 Å². The minimum absolute atomic E-state index is 0.164. The Bertz CT molecular complexity index is 6740. The largest absolute Gasteiger partial charge is 0.481 e. The molecule has 0 bridgehead atoms. The normalized spacial score (nSPS) is 13.0. The summed E-state index contributed by atoms with van der Waals surface area (Å²) in [5.74, 6) is -8.71. The van der Waals surface area contributed by atoms with E-state index in [0.29, 0.717) is 46.7 Å². The van der Waals surface area contributed by atoms with Gasteiger partial charge in [-0.2, -0.15) is 84.6 Å². The maximum absolute atomic E-state index is 19.7. The SMILES string of the molecule is CC(C)(C)C(OP(=O)(OC(n1nc(Cn2cnc(C(F)(F)F)c(Oc3cc(Cl)cc(C#N)c3)c2=O)cc(-c2ccc(F)cc2)c1=O)(C(C)(C)C)C(C)(C)C)OC(n1nc(Cn2cnc(C(F)(F)F)c(Oc3cc(Cl)cc(C#N)c3)c2=O)cc(-c2ccc(F)cc2)c1=O)(C(C)(C)C)C(C)(C)C)(n1nc(Cn2cnc(C(F)(F)F)c(Oc3cc(Cl)cc(C#N)c3)c2=O)cc(-c2ccc(F)cc2)c1=O)C(C)(C)C. The lowest BCUT2D eigenvalue weighted by Gasteiger charge is -2.58. The number of phosphoric ester groups is 1. The molecule has 0 saturated heterocycles. The highest BCUT2D eigenvalue weighted by atomic mass is 35.5. The zero-order chi connectivity index (χ0) is 104. The number of aromatic nitrogens is 12. The summed E-state index contributed by atoms with van der Waals surface area (Å²) in [6, 6.07) is 30.1. The summed E-state index contributed by atoms with van der Waals surface area (Å²) in [7, 11) is -6.88. The van der Waals surface area contributed by atoms with E-state index in [9.17, 15) is 15.8 Å². The van der Waals surface area contributed by atoms with Gasteiger partial charge in [0.15, 0.2) is 34.3 Å². The van der Waals surface area contributed by atoms with Gasteiger partial charge >= 0.3 is 26.4 Å². The third-order valence-corrected chi connectivity index (χ3v) is 24.6. The Balaban J connectivity index is 1.23. The Morgan fingerprint density at radius 2 is 0.543 bits per heavy atom. The van der Waals surface area contributed by atoms with E-state index < -0.39 is 232 Å². The van der Waals surface area contributed by atoms with E-state index in [-0.39, 0.29) is 48.4 Å². The molecule has 734 valence electrons. The first-order valence-corrected chi connectivity index (χ1v) is 44.8. The van der Waals surface area contributed by atoms with Gasteiger partial charge in [0.1, 0.15) is 34.7 Å². The molecule has 0 amide bonds. The highest BCUT2D eigenvalue weighted by Gasteiger charge is 2.69. The predicted molar refractivity (Wildman–Crippen MR) is 490 cm³/mol. The molecule has 140 heavy (non-hydrogen) atoms. The first-order chi connectivity index (χ1) is 64.6. The van der Waals surface area contributed by atoms with Crippen LogP contribution in [0.5, 0.6) is 34.5 Å². The van der Waals surface area contributed by atoms with Gasteiger partial charge in [-0.25, -0.2) is 32.7 Å². The fourth-order valence-corrected chi connectivity index (χ4v) is 21.0. The standard InChI is InChI=1S/C96H87Cl3F12N15O13P/c1-85(2,3)94(86(4,5)6,124-79(127)70(55-19-25-61(100)26-20-55)40-64(118-124)46-121-49-115-76(91(103,104)105)73(82(121)130)134-67-34-52(43-112)31-58(97)37-67)137-140(133,138-95(87(7,8)9,88(10,11)12)125-80(128)71(56-21-27-62(101)28-22-56)41-65(119-125)47-122-50-116-77(92(106,107)108)74(83(122)131)135-68-35-53(44-113)32-59(98)38-68)139-96(89(13,14)15,90(16,17)18)126-81(129)72(57-23-29-63(102)30-24-57)42-66(120-126)48-123-51-117-78(93(109,110)111)75(84(123)132)136-69-36-54(45-114)33-60(99)39-69/h19-42,49-51H,46-48H2,1-18H3. The topological polar surface area (TPSA) is 353 Å². The summed E-state index contributed by atoms with van der Waals surface area (Å²) in [5, 5.41) is 43.6. The second-order valence-corrected chi connectivity index (χ2v) is 41.5. The molecule has 0 aliphatic rings. The molecule has 6 aromatic heterocycles. The number of ether oxygens (including phenoxy) is 3. The molecule has 0 atom stereocenters. The van der Waals surface area contributed by atoms with Crippen LogP contribution in [0.4, 0.5) is 52.7 Å². The molecule has 6 heterocycles. The molecule has 0 saturated carbocycles. The van der Waals surface area contributed by atoms with E-state index >= 15 is 86.0 Å². The van der Waals surface area contributed by atoms with Crippen molar-refractivity contribution in [2.45, 2.75) is 180 Å². The number of rotatable bonds is 24. The van der Waals surface area contributed by atoms with Crippen LogP contribution in [-0.4, -0.2) is 58.0 Å². The lowest BCUT2D eigenvalue weighted by atomic mass is 9.68. The van der Waals surface area contributed by atoms with Gasteiger partial charge in [-0.1, -0.05) is 196 Å². The Hall–Kier alpha value is -13.4. The summed E-state index contributed by atoms with van der Waals surface area (Å²) in [6.07, 6.45) is -15.0. The van der Waals surface area contributed by atoms with Gasteiger partial charge in [-0.3, -0.25) is 56.0 Å². The average Bonchev–Trinajstić information content (AvgIpc) is 0.687. The first kappa shape index (κ1) is 105. The summed E-state index contributed by atoms with van der Waals surface area (Å²) < 4.78 is 248. The van der Waals surface area contributed by atoms with Crippen molar-refractivity contribution < 1.29 is 85.0 Å². The lowest BCUT2D eigenvalue weighted by Crippen LogP contribution is -2.64. The molecule has 12 aromatic rings. The average molecular weight is 2020 g/mol. The second kappa shape index (κ2) is 38.0. The fourth-order valence-electron chi connectivity index (χ4n) is 17.3. The molecular weight excluding hydrogens is 1940 g/mol. The van der Waals surface area contributed by atoms with Crippen LogP contribution in [0.2, 0.25) is 15.1 Å². The summed E-state index contributed by atoms with van der Waals surface area (Å²) >= 11 is 18.8. The zero-order valence-electron chi connectivity index (χ0n) is 77.8. The highest BCUT2D eigenvalue weighted by Crippen LogP contribution is 2.72.